The minimum Gasteiger partial charge on any atom is -0.457 e. The second kappa shape index (κ2) is 8.90. The molecule has 6 heteroatoms. The molecule has 3 heterocycles. The number of nitrogens with zero attached hydrogens (tertiary/aromatic N) is 2. The van der Waals surface area contributed by atoms with Gasteiger partial charge in [0.1, 0.15) is 23.2 Å². The highest BCUT2D eigenvalue weighted by Crippen LogP contribution is 2.24. The van der Waals surface area contributed by atoms with Gasteiger partial charge in [-0.05, 0) is 59.7 Å². The van der Waals surface area contributed by atoms with Crippen molar-refractivity contribution in [2.24, 2.45) is 9.98 Å². The molecule has 2 aliphatic rings. The first-order chi connectivity index (χ1) is 16.8. The fraction of sp³-hybridized carbons (Fsp3) is 0.143. The van der Waals surface area contributed by atoms with Gasteiger partial charge in [-0.15, -0.1) is 0 Å². The fourth-order valence-electron chi connectivity index (χ4n) is 4.20. The highest BCUT2D eigenvalue weighted by atomic mass is 16.5. The number of rotatable bonds is 6. The van der Waals surface area contributed by atoms with Crippen molar-refractivity contribution in [1.29, 1.82) is 0 Å². The van der Waals surface area contributed by atoms with Crippen LogP contribution in [-0.2, 0) is 0 Å². The molecule has 0 spiro atoms. The Morgan fingerprint density at radius 2 is 1.32 bits per heavy atom. The Morgan fingerprint density at radius 3 is 2.03 bits per heavy atom. The standard InChI is InChI=1S/C28H25N5O/c1(2-20-3-6-22-18-26(33-25(22)17-20)28-31-15-16-32-28)19-4-9-23(10-5-19)34-24-11-7-21(8-12-24)27-29-13-14-30-27/h1-12,17-18,33H,13-16H2,(H,29,30)(H,31,32)/b2-1+. The van der Waals surface area contributed by atoms with Crippen molar-refractivity contribution in [1.82, 2.24) is 15.6 Å². The van der Waals surface area contributed by atoms with Crippen LogP contribution in [0.1, 0.15) is 22.4 Å². The Bertz CT molecular complexity index is 1410. The smallest absolute Gasteiger partial charge is 0.145 e. The Morgan fingerprint density at radius 1 is 0.676 bits per heavy atom. The Hall–Kier alpha value is -4.32. The van der Waals surface area contributed by atoms with E-state index in [1.165, 1.54) is 5.39 Å². The van der Waals surface area contributed by atoms with Gasteiger partial charge in [-0.2, -0.15) is 0 Å². The third kappa shape index (κ3) is 4.30. The van der Waals surface area contributed by atoms with E-state index >= 15 is 0 Å². The summed E-state index contributed by atoms with van der Waals surface area (Å²) in [6.45, 7) is 3.48. The average molecular weight is 448 g/mol. The number of aromatic amines is 1. The number of aliphatic imine (C=N–C) groups is 2. The zero-order valence-corrected chi connectivity index (χ0v) is 18.7. The maximum absolute atomic E-state index is 6.00. The molecular weight excluding hydrogens is 422 g/mol. The second-order valence-corrected chi connectivity index (χ2v) is 8.37. The van der Waals surface area contributed by atoms with Crippen molar-refractivity contribution in [3.05, 3.63) is 95.2 Å². The van der Waals surface area contributed by atoms with Crippen molar-refractivity contribution in [3.8, 4) is 11.5 Å². The van der Waals surface area contributed by atoms with Crippen LogP contribution in [0.3, 0.4) is 0 Å². The van der Waals surface area contributed by atoms with Gasteiger partial charge in [0.2, 0.25) is 0 Å². The third-order valence-electron chi connectivity index (χ3n) is 5.96. The molecule has 0 bridgehead atoms. The van der Waals surface area contributed by atoms with E-state index in [1.807, 2.05) is 36.4 Å². The van der Waals surface area contributed by atoms with Crippen molar-refractivity contribution in [2.45, 2.75) is 0 Å². The number of hydrogen-bond acceptors (Lipinski definition) is 5. The maximum atomic E-state index is 6.00. The van der Waals surface area contributed by atoms with E-state index < -0.39 is 0 Å². The molecule has 4 aromatic rings. The lowest BCUT2D eigenvalue weighted by atomic mass is 10.1. The summed E-state index contributed by atoms with van der Waals surface area (Å²) >= 11 is 0. The van der Waals surface area contributed by atoms with Crippen LogP contribution < -0.4 is 15.4 Å². The molecule has 0 unspecified atom stereocenters. The molecule has 0 saturated heterocycles. The highest BCUT2D eigenvalue weighted by Gasteiger charge is 2.11. The summed E-state index contributed by atoms with van der Waals surface area (Å²) in [6, 6.07) is 24.7. The normalized spacial score (nSPS) is 15.3. The number of hydrogen-bond donors (Lipinski definition) is 3. The van der Waals surface area contributed by atoms with Crippen LogP contribution in [0.2, 0.25) is 0 Å². The quantitative estimate of drug-likeness (QED) is 0.371. The van der Waals surface area contributed by atoms with Crippen LogP contribution in [0.4, 0.5) is 0 Å². The minimum absolute atomic E-state index is 0.808. The summed E-state index contributed by atoms with van der Waals surface area (Å²) in [5.74, 6) is 3.53. The van der Waals surface area contributed by atoms with Gasteiger partial charge >= 0.3 is 0 Å². The lowest BCUT2D eigenvalue weighted by Crippen LogP contribution is -2.19. The zero-order chi connectivity index (χ0) is 22.7. The molecule has 6 nitrogen and oxygen atoms in total. The fourth-order valence-corrected chi connectivity index (χ4v) is 4.20. The van der Waals surface area contributed by atoms with Crippen molar-refractivity contribution in [2.75, 3.05) is 26.2 Å². The van der Waals surface area contributed by atoms with Gasteiger partial charge in [0, 0.05) is 29.6 Å². The van der Waals surface area contributed by atoms with E-state index in [2.05, 4.69) is 74.2 Å². The molecular formula is C28H25N5O. The Balaban J connectivity index is 1.11. The van der Waals surface area contributed by atoms with E-state index in [0.29, 0.717) is 0 Å². The van der Waals surface area contributed by atoms with Gasteiger partial charge in [-0.25, -0.2) is 0 Å². The summed E-state index contributed by atoms with van der Waals surface area (Å²) in [5, 5.41) is 7.79. The number of aromatic nitrogens is 1. The summed E-state index contributed by atoms with van der Waals surface area (Å²) in [5.41, 5.74) is 5.50. The molecule has 0 saturated carbocycles. The summed E-state index contributed by atoms with van der Waals surface area (Å²) < 4.78 is 6.00. The van der Waals surface area contributed by atoms with Gasteiger partial charge in [-0.3, -0.25) is 9.98 Å². The number of ether oxygens (including phenoxy) is 1. The van der Waals surface area contributed by atoms with E-state index in [0.717, 1.165) is 77.3 Å². The van der Waals surface area contributed by atoms with Crippen LogP contribution in [0.25, 0.3) is 23.1 Å². The highest BCUT2D eigenvalue weighted by molar-refractivity contribution is 6.02. The van der Waals surface area contributed by atoms with Gasteiger partial charge in [0.05, 0.1) is 18.8 Å². The topological polar surface area (TPSA) is 73.8 Å². The minimum atomic E-state index is 0.808. The summed E-state index contributed by atoms with van der Waals surface area (Å²) in [7, 11) is 0. The molecule has 3 N–H and O–H groups in total. The monoisotopic (exact) mass is 447 g/mol. The summed E-state index contributed by atoms with van der Waals surface area (Å²) in [4.78, 5) is 12.4. The third-order valence-corrected chi connectivity index (χ3v) is 5.96. The first kappa shape index (κ1) is 20.3. The molecule has 0 atom stereocenters. The zero-order valence-electron chi connectivity index (χ0n) is 18.7. The molecule has 34 heavy (non-hydrogen) atoms. The van der Waals surface area contributed by atoms with Crippen LogP contribution in [0, 0.1) is 0 Å². The average Bonchev–Trinajstić information content (AvgIpc) is 3.65. The van der Waals surface area contributed by atoms with E-state index in [1.54, 1.807) is 0 Å². The van der Waals surface area contributed by atoms with Crippen molar-refractivity contribution < 1.29 is 4.74 Å². The number of H-pyrrole nitrogens is 1. The lowest BCUT2D eigenvalue weighted by Gasteiger charge is -2.07. The molecule has 0 fully saturated rings. The van der Waals surface area contributed by atoms with Crippen LogP contribution in [0.15, 0.2) is 82.8 Å². The van der Waals surface area contributed by atoms with E-state index in [9.17, 15) is 0 Å². The lowest BCUT2D eigenvalue weighted by molar-refractivity contribution is 0.482. The van der Waals surface area contributed by atoms with Gasteiger partial charge in [0.25, 0.3) is 0 Å². The number of benzene rings is 3. The predicted molar refractivity (Wildman–Crippen MR) is 139 cm³/mol. The number of fused-ring (bicyclic) bond motifs is 1. The molecule has 168 valence electrons. The largest absolute Gasteiger partial charge is 0.457 e. The van der Waals surface area contributed by atoms with Gasteiger partial charge in [-0.1, -0.05) is 36.4 Å². The molecule has 1 aromatic heterocycles. The first-order valence-electron chi connectivity index (χ1n) is 11.6. The van der Waals surface area contributed by atoms with Gasteiger partial charge in [0.15, 0.2) is 0 Å². The van der Waals surface area contributed by atoms with Crippen LogP contribution in [-0.4, -0.2) is 42.8 Å². The molecule has 3 aromatic carbocycles. The maximum Gasteiger partial charge on any atom is 0.145 e. The molecule has 0 radical (unpaired) electrons. The predicted octanol–water partition coefficient (Wildman–Crippen LogP) is 4.83. The van der Waals surface area contributed by atoms with E-state index in [-0.39, 0.29) is 0 Å². The molecule has 6 rings (SSSR count). The number of amidine groups is 2. The van der Waals surface area contributed by atoms with Crippen LogP contribution >= 0.6 is 0 Å². The molecule has 0 aliphatic carbocycles. The number of nitrogens with one attached hydrogen (secondary N) is 3. The van der Waals surface area contributed by atoms with Gasteiger partial charge < -0.3 is 20.4 Å². The Kier molecular flexibility index (Phi) is 5.32. The van der Waals surface area contributed by atoms with E-state index in [4.69, 9.17) is 4.74 Å². The van der Waals surface area contributed by atoms with Crippen LogP contribution in [0.5, 0.6) is 11.5 Å². The van der Waals surface area contributed by atoms with Crippen molar-refractivity contribution in [3.63, 3.8) is 0 Å². The summed E-state index contributed by atoms with van der Waals surface area (Å²) in [6.07, 6.45) is 4.24. The molecule has 0 amide bonds. The first-order valence-corrected chi connectivity index (χ1v) is 11.6. The molecule has 2 aliphatic heterocycles. The SMILES string of the molecule is C(=C\c1ccc2cc(C3=NCCN3)[nH]c2c1)/c1ccc(Oc2ccc(C3=NCCN3)cc2)cc1. The second-order valence-electron chi connectivity index (χ2n) is 8.37. The Labute approximate surface area is 198 Å². The van der Waals surface area contributed by atoms with Crippen molar-refractivity contribution >= 4 is 34.7 Å².